The molecule has 90 valence electrons. The van der Waals surface area contributed by atoms with Crippen molar-refractivity contribution in [3.8, 4) is 0 Å². The van der Waals surface area contributed by atoms with E-state index in [-0.39, 0.29) is 5.91 Å². The zero-order valence-electron chi connectivity index (χ0n) is 10.1. The van der Waals surface area contributed by atoms with E-state index >= 15 is 0 Å². The molecule has 2 saturated heterocycles. The van der Waals surface area contributed by atoms with Crippen molar-refractivity contribution in [2.75, 3.05) is 13.2 Å². The number of morpholine rings is 1. The number of carbonyl (C=O) groups is 1. The lowest BCUT2D eigenvalue weighted by molar-refractivity contribution is -0.00719. The van der Waals surface area contributed by atoms with Gasteiger partial charge in [0, 0.05) is 5.56 Å². The van der Waals surface area contributed by atoms with Crippen LogP contribution in [0.3, 0.4) is 0 Å². The van der Waals surface area contributed by atoms with Crippen LogP contribution in [-0.4, -0.2) is 36.1 Å². The second-order valence-electron chi connectivity index (χ2n) is 4.95. The van der Waals surface area contributed by atoms with E-state index in [2.05, 4.69) is 0 Å². The second kappa shape index (κ2) is 4.15. The summed E-state index contributed by atoms with van der Waals surface area (Å²) in [5, 5.41) is 0. The van der Waals surface area contributed by atoms with Crippen LogP contribution in [0.5, 0.6) is 0 Å². The summed E-state index contributed by atoms with van der Waals surface area (Å²) in [4.78, 5) is 14.6. The van der Waals surface area contributed by atoms with Gasteiger partial charge in [0.15, 0.2) is 0 Å². The average Bonchev–Trinajstić information content (AvgIpc) is 2.59. The van der Waals surface area contributed by atoms with Crippen LogP contribution in [0, 0.1) is 6.92 Å². The van der Waals surface area contributed by atoms with Crippen LogP contribution in [0.1, 0.15) is 28.8 Å². The highest BCUT2D eigenvalue weighted by Gasteiger charge is 2.40. The van der Waals surface area contributed by atoms with Gasteiger partial charge in [-0.25, -0.2) is 0 Å². The third-order valence-corrected chi connectivity index (χ3v) is 3.85. The minimum atomic E-state index is 0.180. The largest absolute Gasteiger partial charge is 0.377 e. The molecule has 2 atom stereocenters. The second-order valence-corrected chi connectivity index (χ2v) is 4.95. The summed E-state index contributed by atoms with van der Waals surface area (Å²) < 4.78 is 5.51. The normalized spacial score (nSPS) is 27.2. The molecule has 1 amide bonds. The molecule has 2 fully saturated rings. The van der Waals surface area contributed by atoms with Crippen LogP contribution in [0.25, 0.3) is 0 Å². The van der Waals surface area contributed by atoms with Gasteiger partial charge in [0.25, 0.3) is 5.91 Å². The van der Waals surface area contributed by atoms with Crippen LogP contribution < -0.4 is 0 Å². The summed E-state index contributed by atoms with van der Waals surface area (Å²) in [7, 11) is 0. The lowest BCUT2D eigenvalue weighted by atomic mass is 10.1. The Labute approximate surface area is 101 Å². The summed E-state index contributed by atoms with van der Waals surface area (Å²) in [5.74, 6) is 0.180. The first-order chi connectivity index (χ1) is 8.27. The summed E-state index contributed by atoms with van der Waals surface area (Å²) in [6.07, 6.45) is 2.17. The number of amides is 1. The maximum Gasteiger partial charge on any atom is 0.254 e. The average molecular weight is 231 g/mol. The van der Waals surface area contributed by atoms with Crippen LogP contribution in [0.4, 0.5) is 0 Å². The number of fused-ring (bicyclic) bond motifs is 2. The molecule has 1 aromatic carbocycles. The van der Waals surface area contributed by atoms with Crippen molar-refractivity contribution in [1.82, 2.24) is 4.90 Å². The molecule has 1 aromatic rings. The monoisotopic (exact) mass is 231 g/mol. The number of nitrogens with zero attached hydrogens (tertiary/aromatic N) is 1. The zero-order valence-corrected chi connectivity index (χ0v) is 10.1. The predicted molar refractivity (Wildman–Crippen MR) is 65.0 cm³/mol. The fraction of sp³-hybridized carbons (Fsp3) is 0.500. The van der Waals surface area contributed by atoms with Crippen molar-refractivity contribution < 1.29 is 9.53 Å². The lowest BCUT2D eigenvalue weighted by Crippen LogP contribution is -2.49. The van der Waals surface area contributed by atoms with Crippen molar-refractivity contribution in [3.05, 3.63) is 35.4 Å². The maximum absolute atomic E-state index is 12.6. The molecular formula is C14H17NO2. The van der Waals surface area contributed by atoms with E-state index in [4.69, 9.17) is 4.74 Å². The van der Waals surface area contributed by atoms with E-state index in [0.717, 1.165) is 24.0 Å². The third-order valence-electron chi connectivity index (χ3n) is 3.85. The molecular weight excluding hydrogens is 214 g/mol. The molecule has 0 aromatic heterocycles. The Hall–Kier alpha value is -1.35. The quantitative estimate of drug-likeness (QED) is 0.740. The van der Waals surface area contributed by atoms with Gasteiger partial charge in [-0.15, -0.1) is 0 Å². The predicted octanol–water partition coefficient (Wildman–Crippen LogP) is 2.00. The van der Waals surface area contributed by atoms with Crippen molar-refractivity contribution >= 4 is 5.91 Å². The van der Waals surface area contributed by atoms with E-state index in [9.17, 15) is 4.79 Å². The number of hydrogen-bond acceptors (Lipinski definition) is 2. The highest BCUT2D eigenvalue weighted by atomic mass is 16.5. The zero-order chi connectivity index (χ0) is 11.8. The van der Waals surface area contributed by atoms with Gasteiger partial charge >= 0.3 is 0 Å². The fourth-order valence-electron chi connectivity index (χ4n) is 2.91. The van der Waals surface area contributed by atoms with Crippen molar-refractivity contribution in [2.45, 2.75) is 31.8 Å². The van der Waals surface area contributed by atoms with Crippen LogP contribution in [0.15, 0.2) is 24.3 Å². The molecule has 0 saturated carbocycles. The van der Waals surface area contributed by atoms with E-state index in [1.165, 1.54) is 0 Å². The number of ether oxygens (including phenoxy) is 1. The molecule has 0 aliphatic carbocycles. The Balaban J connectivity index is 1.90. The Morgan fingerprint density at radius 1 is 1.24 bits per heavy atom. The molecule has 0 radical (unpaired) electrons. The van der Waals surface area contributed by atoms with Gasteiger partial charge in [0.1, 0.15) is 0 Å². The van der Waals surface area contributed by atoms with E-state index in [1.54, 1.807) is 0 Å². The van der Waals surface area contributed by atoms with Gasteiger partial charge in [-0.1, -0.05) is 18.2 Å². The molecule has 3 nitrogen and oxygen atoms in total. The maximum atomic E-state index is 12.6. The standard InChI is InChI=1S/C14H17NO2/c1-10-4-2-3-5-13(10)14(16)15-11-6-7-12(15)9-17-8-11/h2-5,11-12H,6-9H2,1H3. The van der Waals surface area contributed by atoms with Gasteiger partial charge < -0.3 is 9.64 Å². The highest BCUT2D eigenvalue weighted by Crippen LogP contribution is 2.30. The third kappa shape index (κ3) is 1.75. The van der Waals surface area contributed by atoms with Crippen molar-refractivity contribution in [3.63, 3.8) is 0 Å². The number of hydrogen-bond donors (Lipinski definition) is 0. The molecule has 2 bridgehead atoms. The number of rotatable bonds is 1. The lowest BCUT2D eigenvalue weighted by Gasteiger charge is -2.35. The smallest absolute Gasteiger partial charge is 0.254 e. The van der Waals surface area contributed by atoms with Crippen molar-refractivity contribution in [2.24, 2.45) is 0 Å². The first-order valence-electron chi connectivity index (χ1n) is 6.23. The van der Waals surface area contributed by atoms with Gasteiger partial charge in [-0.05, 0) is 31.4 Å². The molecule has 0 spiro atoms. The molecule has 3 rings (SSSR count). The summed E-state index contributed by atoms with van der Waals surface area (Å²) >= 11 is 0. The van der Waals surface area contributed by atoms with E-state index < -0.39 is 0 Å². The molecule has 2 aliphatic rings. The van der Waals surface area contributed by atoms with Gasteiger partial charge in [-0.3, -0.25) is 4.79 Å². The van der Waals surface area contributed by atoms with Gasteiger partial charge in [0.2, 0.25) is 0 Å². The first kappa shape index (κ1) is 10.8. The van der Waals surface area contributed by atoms with E-state index in [1.807, 2.05) is 36.1 Å². The van der Waals surface area contributed by atoms with Crippen LogP contribution in [0.2, 0.25) is 0 Å². The molecule has 0 N–H and O–H groups in total. The van der Waals surface area contributed by atoms with Crippen LogP contribution >= 0.6 is 0 Å². The minimum absolute atomic E-state index is 0.180. The summed E-state index contributed by atoms with van der Waals surface area (Å²) in [6.45, 7) is 3.40. The van der Waals surface area contributed by atoms with E-state index in [0.29, 0.717) is 25.3 Å². The Morgan fingerprint density at radius 3 is 2.53 bits per heavy atom. The first-order valence-corrected chi connectivity index (χ1v) is 6.23. The minimum Gasteiger partial charge on any atom is -0.377 e. The fourth-order valence-corrected chi connectivity index (χ4v) is 2.91. The molecule has 2 aliphatic heterocycles. The highest BCUT2D eigenvalue weighted by molar-refractivity contribution is 5.96. The topological polar surface area (TPSA) is 29.5 Å². The van der Waals surface area contributed by atoms with Crippen molar-refractivity contribution in [1.29, 1.82) is 0 Å². The molecule has 2 heterocycles. The Kier molecular flexibility index (Phi) is 2.63. The summed E-state index contributed by atoms with van der Waals surface area (Å²) in [5.41, 5.74) is 1.90. The molecule has 3 heteroatoms. The SMILES string of the molecule is Cc1ccccc1C(=O)N1C2CCC1COC2. The Bertz CT molecular complexity index is 428. The van der Waals surface area contributed by atoms with Crippen LogP contribution in [-0.2, 0) is 4.74 Å². The Morgan fingerprint density at radius 2 is 1.88 bits per heavy atom. The number of benzene rings is 1. The van der Waals surface area contributed by atoms with Gasteiger partial charge in [0.05, 0.1) is 25.3 Å². The number of carbonyl (C=O) groups excluding carboxylic acids is 1. The number of aryl methyl sites for hydroxylation is 1. The molecule has 2 unspecified atom stereocenters. The van der Waals surface area contributed by atoms with Gasteiger partial charge in [-0.2, -0.15) is 0 Å². The summed E-state index contributed by atoms with van der Waals surface area (Å²) in [6, 6.07) is 8.41. The molecule has 17 heavy (non-hydrogen) atoms.